The van der Waals surface area contributed by atoms with E-state index in [4.69, 9.17) is 32.2 Å². The second-order valence-corrected chi connectivity index (χ2v) is 19.3. The van der Waals surface area contributed by atoms with Gasteiger partial charge in [-0.2, -0.15) is 0 Å². The van der Waals surface area contributed by atoms with E-state index in [0.717, 1.165) is 44.9 Å². The molecule has 5 aliphatic rings. The van der Waals surface area contributed by atoms with Gasteiger partial charge in [0.25, 0.3) is 5.91 Å². The van der Waals surface area contributed by atoms with Crippen molar-refractivity contribution in [2.24, 2.45) is 40.2 Å². The van der Waals surface area contributed by atoms with Gasteiger partial charge in [-0.25, -0.2) is 4.79 Å². The van der Waals surface area contributed by atoms with Gasteiger partial charge in [0.15, 0.2) is 6.17 Å². The second-order valence-electron chi connectivity index (χ2n) is 19.3. The summed E-state index contributed by atoms with van der Waals surface area (Å²) < 4.78 is 12.7. The first-order valence-corrected chi connectivity index (χ1v) is 23.7. The van der Waals surface area contributed by atoms with Crippen LogP contribution in [-0.2, 0) is 34.9 Å². The molecule has 358 valence electrons. The van der Waals surface area contributed by atoms with Crippen molar-refractivity contribution >= 4 is 36.8 Å². The Morgan fingerprint density at radius 1 is 0.812 bits per heavy atom. The SMILES string of the molecule is CCCCc1ccc(C2CCN(C(=O)N[C@@H](CCCCN)C(=O)N[C@H](C(=O)N[C@@H](N)C(=O)N[C@@H](CCCCN)C(=O)N[C@@H](N)B3O[C@@H]4C[C@@H]5C[C@@H](C5(C)C)[C@]4(C)O3)[C@@H](C)O)CC2)cc1. The van der Waals surface area contributed by atoms with Crippen molar-refractivity contribution in [3.63, 3.8) is 0 Å². The van der Waals surface area contributed by atoms with Crippen LogP contribution in [0, 0.1) is 17.3 Å². The van der Waals surface area contributed by atoms with Crippen LogP contribution in [0.3, 0.4) is 0 Å². The standard InChI is InChI=1S/C45H77BN10O8/c1-6-7-12-28-15-17-29(18-16-28)30-19-23-56(24-20-30)43(62)52-33(14-9-11-22-48)38(58)53-36(27(2)57)40(60)54-37(49)41(61)51-32(13-8-10-21-47)39(59)55-42(50)46-63-35-26-31-25-34(44(31,3)4)45(35,5)64-46/h15-18,27,30-37,42,57H,6-14,19-26,47-50H2,1-5H3,(H,51,61)(H,52,62)(H,53,58)(H,54,60)(H,55,59)/t27-,31+,32+,33+,34+,35-,36+,37-,42-,45+/m1/s1. The van der Waals surface area contributed by atoms with Gasteiger partial charge in [-0.05, 0) is 138 Å². The zero-order valence-corrected chi connectivity index (χ0v) is 38.7. The summed E-state index contributed by atoms with van der Waals surface area (Å²) in [4.78, 5) is 69.5. The summed E-state index contributed by atoms with van der Waals surface area (Å²) in [6.07, 6.45) is 6.21. The summed E-state index contributed by atoms with van der Waals surface area (Å²) in [7, 11) is -0.890. The van der Waals surface area contributed by atoms with Gasteiger partial charge in [-0.3, -0.25) is 19.2 Å². The average molecular weight is 897 g/mol. The Bertz CT molecular complexity index is 1730. The van der Waals surface area contributed by atoms with Crippen molar-refractivity contribution in [1.82, 2.24) is 31.5 Å². The molecule has 3 aliphatic carbocycles. The fourth-order valence-corrected chi connectivity index (χ4v) is 10.1. The van der Waals surface area contributed by atoms with Crippen LogP contribution < -0.4 is 49.5 Å². The minimum atomic E-state index is -1.68. The van der Waals surface area contributed by atoms with Gasteiger partial charge in [-0.15, -0.1) is 0 Å². The predicted molar refractivity (Wildman–Crippen MR) is 245 cm³/mol. The number of carbonyl (C=O) groups is 5. The number of aliphatic hydroxyl groups excluding tert-OH is 1. The third-order valence-corrected chi connectivity index (χ3v) is 14.4. The summed E-state index contributed by atoms with van der Waals surface area (Å²) in [5, 5.41) is 23.7. The van der Waals surface area contributed by atoms with Crippen molar-refractivity contribution in [2.75, 3.05) is 26.2 Å². The fraction of sp³-hybridized carbons (Fsp3) is 0.756. The van der Waals surface area contributed by atoms with E-state index in [1.54, 1.807) is 4.90 Å². The predicted octanol–water partition coefficient (Wildman–Crippen LogP) is 0.965. The van der Waals surface area contributed by atoms with Crippen LogP contribution in [0.15, 0.2) is 24.3 Å². The third kappa shape index (κ3) is 12.5. The van der Waals surface area contributed by atoms with E-state index >= 15 is 0 Å². The maximum Gasteiger partial charge on any atom is 0.497 e. The molecule has 2 bridgehead atoms. The Balaban J connectivity index is 1.14. The molecule has 10 atom stereocenters. The number of hydrogen-bond acceptors (Lipinski definition) is 12. The zero-order valence-electron chi connectivity index (χ0n) is 38.7. The molecular weight excluding hydrogens is 819 g/mol. The number of hydrogen-bond donors (Lipinski definition) is 10. The summed E-state index contributed by atoms with van der Waals surface area (Å²) in [5.41, 5.74) is 26.2. The van der Waals surface area contributed by atoms with Crippen LogP contribution in [0.25, 0.3) is 0 Å². The Hall–Kier alpha value is -3.85. The molecule has 19 heteroatoms. The van der Waals surface area contributed by atoms with Crippen LogP contribution >= 0.6 is 0 Å². The highest BCUT2D eigenvalue weighted by molar-refractivity contribution is 6.47. The summed E-state index contributed by atoms with van der Waals surface area (Å²) >= 11 is 0. The third-order valence-electron chi connectivity index (χ3n) is 14.4. The number of aryl methyl sites for hydroxylation is 1. The molecule has 14 N–H and O–H groups in total. The lowest BCUT2D eigenvalue weighted by Gasteiger charge is -2.64. The zero-order chi connectivity index (χ0) is 46.8. The first-order valence-electron chi connectivity index (χ1n) is 23.7. The highest BCUT2D eigenvalue weighted by atomic mass is 16.7. The summed E-state index contributed by atoms with van der Waals surface area (Å²) in [6, 6.07) is 3.62. The van der Waals surface area contributed by atoms with Gasteiger partial charge >= 0.3 is 13.1 Å². The van der Waals surface area contributed by atoms with E-state index in [-0.39, 0.29) is 24.4 Å². The molecule has 2 aliphatic heterocycles. The number of nitrogens with two attached hydrogens (primary N) is 4. The van der Waals surface area contributed by atoms with Crippen molar-refractivity contribution in [3.8, 4) is 0 Å². The molecule has 0 spiro atoms. The van der Waals surface area contributed by atoms with E-state index in [1.807, 2.05) is 6.92 Å². The highest BCUT2D eigenvalue weighted by Crippen LogP contribution is 2.65. The molecule has 3 saturated carbocycles. The Morgan fingerprint density at radius 2 is 1.42 bits per heavy atom. The molecule has 2 saturated heterocycles. The van der Waals surface area contributed by atoms with Crippen molar-refractivity contribution < 1.29 is 38.4 Å². The van der Waals surface area contributed by atoms with Crippen molar-refractivity contribution in [1.29, 1.82) is 0 Å². The number of likely N-dealkylation sites (tertiary alicyclic amines) is 1. The van der Waals surface area contributed by atoms with Gasteiger partial charge in [0.2, 0.25) is 17.7 Å². The smallest absolute Gasteiger partial charge is 0.403 e. The van der Waals surface area contributed by atoms with Crippen molar-refractivity contribution in [3.05, 3.63) is 35.4 Å². The molecule has 0 aromatic heterocycles. The lowest BCUT2D eigenvalue weighted by Crippen LogP contribution is -2.65. The number of aliphatic hydroxyl groups is 1. The van der Waals surface area contributed by atoms with E-state index in [2.05, 4.69) is 71.6 Å². The number of nitrogens with one attached hydrogen (secondary N) is 5. The molecule has 64 heavy (non-hydrogen) atoms. The Morgan fingerprint density at radius 3 is 2.00 bits per heavy atom. The first kappa shape index (κ1) is 51.1. The molecule has 1 aromatic carbocycles. The van der Waals surface area contributed by atoms with E-state index in [1.165, 1.54) is 18.1 Å². The van der Waals surface area contributed by atoms with Gasteiger partial charge in [0.05, 0.1) is 17.8 Å². The van der Waals surface area contributed by atoms with E-state index < -0.39 is 78.8 Å². The molecule has 18 nitrogen and oxygen atoms in total. The van der Waals surface area contributed by atoms with Crippen LogP contribution in [0.2, 0.25) is 0 Å². The monoisotopic (exact) mass is 897 g/mol. The molecule has 0 radical (unpaired) electrons. The van der Waals surface area contributed by atoms with Gasteiger partial charge in [-0.1, -0.05) is 51.5 Å². The maximum absolute atomic E-state index is 13.7. The molecule has 0 unspecified atom stereocenters. The van der Waals surface area contributed by atoms with Gasteiger partial charge < -0.3 is 68.8 Å². The number of nitrogens with zero attached hydrogens (tertiary/aromatic N) is 1. The Labute approximate surface area is 379 Å². The maximum atomic E-state index is 13.7. The number of rotatable bonds is 23. The molecule has 6 rings (SSSR count). The molecular formula is C45H77BN10O8. The first-order chi connectivity index (χ1) is 30.4. The van der Waals surface area contributed by atoms with Crippen LogP contribution in [0.1, 0.15) is 129 Å². The lowest BCUT2D eigenvalue weighted by atomic mass is 9.43. The minimum Gasteiger partial charge on any atom is -0.403 e. The van der Waals surface area contributed by atoms with Crippen LogP contribution in [-0.4, -0.2) is 121 Å². The molecule has 1 aromatic rings. The number of urea groups is 1. The van der Waals surface area contributed by atoms with Gasteiger partial charge in [0, 0.05) is 13.1 Å². The lowest BCUT2D eigenvalue weighted by molar-refractivity contribution is -0.199. The fourth-order valence-electron chi connectivity index (χ4n) is 10.1. The van der Waals surface area contributed by atoms with Crippen LogP contribution in [0.4, 0.5) is 4.79 Å². The average Bonchev–Trinajstić information content (AvgIpc) is 3.64. The second kappa shape index (κ2) is 23.1. The quantitative estimate of drug-likeness (QED) is 0.0418. The Kier molecular flexibility index (Phi) is 18.4. The topological polar surface area (TPSA) is 292 Å². The normalized spacial score (nSPS) is 25.4. The van der Waals surface area contributed by atoms with Gasteiger partial charge in [0.1, 0.15) is 24.2 Å². The number of benzene rings is 1. The highest BCUT2D eigenvalue weighted by Gasteiger charge is 2.68. The summed E-state index contributed by atoms with van der Waals surface area (Å²) in [6.45, 7) is 11.8. The molecule has 5 fully saturated rings. The number of amides is 6. The van der Waals surface area contributed by atoms with Crippen molar-refractivity contribution in [2.45, 2.75) is 172 Å². The number of carbonyl (C=O) groups excluding carboxylic acids is 5. The number of piperidine rings is 1. The van der Waals surface area contributed by atoms with Crippen LogP contribution in [0.5, 0.6) is 0 Å². The summed E-state index contributed by atoms with van der Waals surface area (Å²) in [5.74, 6) is -1.98. The largest absolute Gasteiger partial charge is 0.497 e. The van der Waals surface area contributed by atoms with E-state index in [0.29, 0.717) is 69.6 Å². The molecule has 6 amide bonds. The minimum absolute atomic E-state index is 0.120. The van der Waals surface area contributed by atoms with E-state index in [9.17, 15) is 29.1 Å². The number of unbranched alkanes of at least 4 members (excludes halogenated alkanes) is 3. The molecule has 2 heterocycles.